The van der Waals surface area contributed by atoms with Crippen molar-refractivity contribution in [2.75, 3.05) is 19.8 Å². The van der Waals surface area contributed by atoms with E-state index < -0.39 is 0 Å². The van der Waals surface area contributed by atoms with Gasteiger partial charge >= 0.3 is 0 Å². The quantitative estimate of drug-likeness (QED) is 0.203. The zero-order valence-corrected chi connectivity index (χ0v) is 18.5. The van der Waals surface area contributed by atoms with Crippen molar-refractivity contribution in [3.63, 3.8) is 0 Å². The highest BCUT2D eigenvalue weighted by Crippen LogP contribution is 2.28. The van der Waals surface area contributed by atoms with Crippen LogP contribution in [0.1, 0.15) is 39.4 Å². The van der Waals surface area contributed by atoms with Crippen LogP contribution in [0.5, 0.6) is 0 Å². The van der Waals surface area contributed by atoms with Gasteiger partial charge in [0.25, 0.3) is 0 Å². The summed E-state index contributed by atoms with van der Waals surface area (Å²) in [6.45, 7) is 8.59. The lowest BCUT2D eigenvalue weighted by atomic mass is 10.2. The van der Waals surface area contributed by atoms with Gasteiger partial charge in [0.1, 0.15) is 5.82 Å². The average Bonchev–Trinajstić information content (AvgIpc) is 3.07. The molecule has 0 saturated heterocycles. The second kappa shape index (κ2) is 10.5. The minimum atomic E-state index is 0. The fraction of sp³-hybridized carbons (Fsp3) is 0.812. The summed E-state index contributed by atoms with van der Waals surface area (Å²) < 4.78 is 2.26. The topological polar surface area (TPSA) is 67.1 Å². The molecule has 0 spiro atoms. The monoisotopic (exact) mass is 466 g/mol. The van der Waals surface area contributed by atoms with Crippen LogP contribution in [0.2, 0.25) is 0 Å². The second-order valence-corrected chi connectivity index (χ2v) is 7.45. The molecule has 1 aliphatic carbocycles. The molecule has 2 atom stereocenters. The number of hydrogen-bond acceptors (Lipinski definition) is 4. The summed E-state index contributed by atoms with van der Waals surface area (Å²) in [5.41, 5.74) is 0. The maximum absolute atomic E-state index is 4.36. The van der Waals surface area contributed by atoms with Crippen LogP contribution in [0.4, 0.5) is 0 Å². The highest BCUT2D eigenvalue weighted by molar-refractivity contribution is 14.0. The molecular formula is C16H31IN6S. The van der Waals surface area contributed by atoms with Crippen molar-refractivity contribution >= 4 is 41.7 Å². The zero-order valence-electron chi connectivity index (χ0n) is 15.4. The number of nitrogens with zero attached hydrogens (tertiary/aromatic N) is 4. The van der Waals surface area contributed by atoms with E-state index in [-0.39, 0.29) is 24.0 Å². The lowest BCUT2D eigenvalue weighted by Gasteiger charge is -2.13. The first-order valence-corrected chi connectivity index (χ1v) is 9.70. The highest BCUT2D eigenvalue weighted by Gasteiger charge is 2.33. The molecule has 1 heterocycles. The largest absolute Gasteiger partial charge is 0.356 e. The van der Waals surface area contributed by atoms with E-state index in [1.165, 1.54) is 6.42 Å². The van der Waals surface area contributed by atoms with Crippen LogP contribution < -0.4 is 10.6 Å². The Morgan fingerprint density at radius 3 is 2.67 bits per heavy atom. The van der Waals surface area contributed by atoms with Crippen LogP contribution in [0.25, 0.3) is 0 Å². The van der Waals surface area contributed by atoms with Gasteiger partial charge in [0.05, 0.1) is 0 Å². The third-order valence-corrected chi connectivity index (χ3v) is 4.72. The first kappa shape index (κ1) is 21.5. The van der Waals surface area contributed by atoms with Gasteiger partial charge in [-0.05, 0) is 30.9 Å². The Morgan fingerprint density at radius 1 is 1.42 bits per heavy atom. The number of thioether (sulfide) groups is 1. The Hall–Kier alpha value is -0.510. The van der Waals surface area contributed by atoms with Crippen molar-refractivity contribution < 1.29 is 0 Å². The van der Waals surface area contributed by atoms with Crippen LogP contribution in [0, 0.1) is 11.8 Å². The molecule has 0 bridgehead atoms. The standard InChI is InChI=1S/C16H30N6S.HI/c1-11(2)10-22-14(20-21-16(22)23-5)7-6-8-18-15(17-4)19-13-9-12(13)3;/h11-13H,6-10H2,1-5H3,(H2,17,18,19);1H. The Labute approximate surface area is 167 Å². The van der Waals surface area contributed by atoms with E-state index in [0.717, 1.165) is 48.8 Å². The molecule has 2 unspecified atom stereocenters. The van der Waals surface area contributed by atoms with Crippen LogP contribution in [-0.2, 0) is 13.0 Å². The van der Waals surface area contributed by atoms with Crippen molar-refractivity contribution in [3.05, 3.63) is 5.82 Å². The van der Waals surface area contributed by atoms with E-state index >= 15 is 0 Å². The van der Waals surface area contributed by atoms with E-state index in [9.17, 15) is 0 Å². The number of hydrogen-bond donors (Lipinski definition) is 2. The Balaban J connectivity index is 0.00000288. The molecule has 0 radical (unpaired) electrons. The van der Waals surface area contributed by atoms with Crippen molar-refractivity contribution in [1.29, 1.82) is 0 Å². The van der Waals surface area contributed by atoms with E-state index in [1.54, 1.807) is 11.8 Å². The number of rotatable bonds is 8. The lowest BCUT2D eigenvalue weighted by Crippen LogP contribution is -2.39. The van der Waals surface area contributed by atoms with Crippen LogP contribution >= 0.6 is 35.7 Å². The fourth-order valence-corrected chi connectivity index (χ4v) is 3.07. The smallest absolute Gasteiger partial charge is 0.191 e. The van der Waals surface area contributed by atoms with E-state index in [2.05, 4.69) is 57.4 Å². The molecule has 24 heavy (non-hydrogen) atoms. The van der Waals surface area contributed by atoms with Gasteiger partial charge in [0.15, 0.2) is 11.1 Å². The number of halogens is 1. The summed E-state index contributed by atoms with van der Waals surface area (Å²) >= 11 is 1.66. The first-order chi connectivity index (χ1) is 11.0. The molecule has 1 aromatic heterocycles. The highest BCUT2D eigenvalue weighted by atomic mass is 127. The number of aliphatic imine (C=N–C) groups is 1. The van der Waals surface area contributed by atoms with Gasteiger partial charge in [-0.25, -0.2) is 0 Å². The predicted molar refractivity (Wildman–Crippen MR) is 112 cm³/mol. The molecule has 2 N–H and O–H groups in total. The van der Waals surface area contributed by atoms with E-state index in [0.29, 0.717) is 12.0 Å². The Bertz CT molecular complexity index is 531. The minimum Gasteiger partial charge on any atom is -0.356 e. The van der Waals surface area contributed by atoms with Gasteiger partial charge in [-0.15, -0.1) is 34.2 Å². The SMILES string of the molecule is CN=C(NCCCc1nnc(SC)n1CC(C)C)NC1CC1C.I. The van der Waals surface area contributed by atoms with E-state index in [4.69, 9.17) is 0 Å². The average molecular weight is 466 g/mol. The summed E-state index contributed by atoms with van der Waals surface area (Å²) in [4.78, 5) is 4.28. The summed E-state index contributed by atoms with van der Waals surface area (Å²) in [6.07, 6.45) is 5.26. The summed E-state index contributed by atoms with van der Waals surface area (Å²) in [6, 6.07) is 0.597. The van der Waals surface area contributed by atoms with Gasteiger partial charge < -0.3 is 15.2 Å². The van der Waals surface area contributed by atoms with Crippen molar-refractivity contribution in [1.82, 2.24) is 25.4 Å². The molecule has 1 fully saturated rings. The molecule has 0 aliphatic heterocycles. The van der Waals surface area contributed by atoms with Crippen LogP contribution in [0.15, 0.2) is 10.1 Å². The van der Waals surface area contributed by atoms with Gasteiger partial charge in [-0.2, -0.15) is 0 Å². The van der Waals surface area contributed by atoms with Gasteiger partial charge in [-0.1, -0.05) is 32.5 Å². The maximum atomic E-state index is 4.36. The molecule has 6 nitrogen and oxygen atoms in total. The molecule has 0 aromatic carbocycles. The number of aromatic nitrogens is 3. The van der Waals surface area contributed by atoms with E-state index in [1.807, 2.05) is 7.05 Å². The van der Waals surface area contributed by atoms with Crippen molar-refractivity contribution in [3.8, 4) is 0 Å². The summed E-state index contributed by atoms with van der Waals surface area (Å²) in [7, 11) is 1.83. The molecule has 138 valence electrons. The van der Waals surface area contributed by atoms with Crippen molar-refractivity contribution in [2.24, 2.45) is 16.8 Å². The first-order valence-electron chi connectivity index (χ1n) is 8.48. The number of aryl methyl sites for hydroxylation is 1. The zero-order chi connectivity index (χ0) is 16.8. The fourth-order valence-electron chi connectivity index (χ4n) is 2.55. The van der Waals surface area contributed by atoms with Gasteiger partial charge in [0, 0.05) is 32.6 Å². The Kier molecular flexibility index (Phi) is 9.40. The molecule has 1 saturated carbocycles. The number of nitrogens with one attached hydrogen (secondary N) is 2. The second-order valence-electron chi connectivity index (χ2n) is 6.67. The molecule has 8 heteroatoms. The van der Waals surface area contributed by atoms with Gasteiger partial charge in [0.2, 0.25) is 0 Å². The lowest BCUT2D eigenvalue weighted by molar-refractivity contribution is 0.477. The number of guanidine groups is 1. The third kappa shape index (κ3) is 6.42. The predicted octanol–water partition coefficient (Wildman–Crippen LogP) is 2.78. The van der Waals surface area contributed by atoms with Crippen LogP contribution in [-0.4, -0.2) is 46.6 Å². The van der Waals surface area contributed by atoms with Gasteiger partial charge in [-0.3, -0.25) is 4.99 Å². The van der Waals surface area contributed by atoms with Crippen LogP contribution in [0.3, 0.4) is 0 Å². The maximum Gasteiger partial charge on any atom is 0.191 e. The molecule has 2 rings (SSSR count). The Morgan fingerprint density at radius 2 is 2.12 bits per heavy atom. The third-order valence-electron chi connectivity index (χ3n) is 4.05. The summed E-state index contributed by atoms with van der Waals surface area (Å²) in [5.74, 6) is 3.36. The molecule has 0 amide bonds. The molecular weight excluding hydrogens is 435 g/mol. The molecule has 1 aliphatic rings. The minimum absolute atomic E-state index is 0. The summed E-state index contributed by atoms with van der Waals surface area (Å²) in [5, 5.41) is 16.5. The molecule has 1 aromatic rings. The normalized spacial score (nSPS) is 20.0. The van der Waals surface area contributed by atoms with Crippen molar-refractivity contribution in [2.45, 2.75) is 57.8 Å².